The molecular weight excluding hydrogens is 248 g/mol. The maximum atomic E-state index is 12.8. The molecule has 108 valence electrons. The molecule has 3 rings (SSSR count). The van der Waals surface area contributed by atoms with Crippen molar-refractivity contribution in [2.24, 2.45) is 0 Å². The number of hydrogen-bond acceptors (Lipinski definition) is 2. The van der Waals surface area contributed by atoms with Gasteiger partial charge < -0.3 is 10.2 Å². The Morgan fingerprint density at radius 3 is 2.55 bits per heavy atom. The third kappa shape index (κ3) is 1.91. The first-order chi connectivity index (χ1) is 9.54. The quantitative estimate of drug-likeness (QED) is 0.841. The van der Waals surface area contributed by atoms with Gasteiger partial charge in [-0.25, -0.2) is 0 Å². The smallest absolute Gasteiger partial charge is 0.250 e. The van der Waals surface area contributed by atoms with Crippen LogP contribution in [0, 0.1) is 6.92 Å². The summed E-state index contributed by atoms with van der Waals surface area (Å²) in [5.41, 5.74) is 3.08. The Morgan fingerprint density at radius 2 is 1.90 bits per heavy atom. The lowest BCUT2D eigenvalue weighted by Gasteiger charge is -2.52. The van der Waals surface area contributed by atoms with Gasteiger partial charge in [-0.2, -0.15) is 0 Å². The largest absolute Gasteiger partial charge is 0.353 e. The number of rotatable bonds is 1. The molecule has 0 aromatic heterocycles. The van der Waals surface area contributed by atoms with Crippen molar-refractivity contribution in [1.29, 1.82) is 0 Å². The molecule has 1 aromatic rings. The topological polar surface area (TPSA) is 32.3 Å². The summed E-state index contributed by atoms with van der Waals surface area (Å²) in [6, 6.07) is 6.65. The molecule has 1 heterocycles. The van der Waals surface area contributed by atoms with Crippen LogP contribution in [0.1, 0.15) is 51.5 Å². The average Bonchev–Trinajstić information content (AvgIpc) is 2.41. The fourth-order valence-electron chi connectivity index (χ4n) is 3.90. The Bertz CT molecular complexity index is 530. The first-order valence-corrected chi connectivity index (χ1v) is 7.76. The van der Waals surface area contributed by atoms with Gasteiger partial charge in [0, 0.05) is 6.04 Å². The van der Waals surface area contributed by atoms with Gasteiger partial charge in [0.25, 0.3) is 0 Å². The Hall–Kier alpha value is -1.51. The molecule has 1 aliphatic carbocycles. The summed E-state index contributed by atoms with van der Waals surface area (Å²) in [5, 5.41) is 3.15. The number of amides is 1. The molecule has 1 fully saturated rings. The standard InChI is InChI=1S/C17H24N2O/c1-12(2)19-15-11-13(3)7-8-14(15)18-16(20)17(19)9-5-4-6-10-17/h7-8,11-12H,4-6,9-10H2,1-3H3,(H,18,20). The molecule has 1 amide bonds. The zero-order valence-corrected chi connectivity index (χ0v) is 12.7. The number of fused-ring (bicyclic) bond motifs is 1. The van der Waals surface area contributed by atoms with Crippen molar-refractivity contribution in [2.75, 3.05) is 10.2 Å². The van der Waals surface area contributed by atoms with Crippen LogP contribution in [-0.4, -0.2) is 17.5 Å². The molecule has 3 nitrogen and oxygen atoms in total. The van der Waals surface area contributed by atoms with Crippen molar-refractivity contribution in [2.45, 2.75) is 64.5 Å². The van der Waals surface area contributed by atoms with Gasteiger partial charge in [0.2, 0.25) is 5.91 Å². The van der Waals surface area contributed by atoms with Crippen molar-refractivity contribution in [3.63, 3.8) is 0 Å². The summed E-state index contributed by atoms with van der Waals surface area (Å²) in [5.74, 6) is 0.197. The van der Waals surface area contributed by atoms with Crippen molar-refractivity contribution in [1.82, 2.24) is 0 Å². The van der Waals surface area contributed by atoms with Gasteiger partial charge in [0.15, 0.2) is 0 Å². The zero-order chi connectivity index (χ0) is 14.3. The van der Waals surface area contributed by atoms with Crippen LogP contribution in [0.5, 0.6) is 0 Å². The monoisotopic (exact) mass is 272 g/mol. The van der Waals surface area contributed by atoms with Crippen molar-refractivity contribution < 1.29 is 4.79 Å². The number of carbonyl (C=O) groups excluding carboxylic acids is 1. The Labute approximate surface area is 121 Å². The molecule has 1 aromatic carbocycles. The lowest BCUT2D eigenvalue weighted by Crippen LogP contribution is -2.63. The molecule has 1 N–H and O–H groups in total. The van der Waals surface area contributed by atoms with E-state index in [4.69, 9.17) is 0 Å². The highest BCUT2D eigenvalue weighted by Gasteiger charge is 2.49. The number of nitrogens with zero attached hydrogens (tertiary/aromatic N) is 1. The van der Waals surface area contributed by atoms with Gasteiger partial charge in [-0.3, -0.25) is 4.79 Å². The highest BCUT2D eigenvalue weighted by atomic mass is 16.2. The molecule has 20 heavy (non-hydrogen) atoms. The minimum absolute atomic E-state index is 0.197. The van der Waals surface area contributed by atoms with Crippen LogP contribution < -0.4 is 10.2 Å². The van der Waals surface area contributed by atoms with Crippen molar-refractivity contribution in [3.8, 4) is 0 Å². The van der Waals surface area contributed by atoms with E-state index >= 15 is 0 Å². The fraction of sp³-hybridized carbons (Fsp3) is 0.588. The third-order valence-corrected chi connectivity index (χ3v) is 4.74. The Kier molecular flexibility index (Phi) is 3.23. The number of aryl methyl sites for hydroxylation is 1. The SMILES string of the molecule is Cc1ccc2c(c1)N(C(C)C)C1(CCCCC1)C(=O)N2. The van der Waals surface area contributed by atoms with E-state index in [0.717, 1.165) is 31.4 Å². The molecule has 0 unspecified atom stereocenters. The van der Waals surface area contributed by atoms with Crippen LogP contribution in [0.15, 0.2) is 18.2 Å². The predicted molar refractivity (Wildman–Crippen MR) is 83.2 cm³/mol. The molecule has 0 atom stereocenters. The predicted octanol–water partition coefficient (Wildman–Crippen LogP) is 3.86. The molecule has 1 saturated carbocycles. The summed E-state index contributed by atoms with van der Waals surface area (Å²) >= 11 is 0. The highest BCUT2D eigenvalue weighted by molar-refractivity contribution is 6.07. The van der Waals surface area contributed by atoms with Gasteiger partial charge in [0.05, 0.1) is 11.4 Å². The number of nitrogens with one attached hydrogen (secondary N) is 1. The molecule has 0 bridgehead atoms. The summed E-state index contributed by atoms with van der Waals surface area (Å²) < 4.78 is 0. The van der Waals surface area contributed by atoms with E-state index in [1.165, 1.54) is 17.7 Å². The fourth-order valence-corrected chi connectivity index (χ4v) is 3.90. The molecule has 2 aliphatic rings. The van der Waals surface area contributed by atoms with Crippen LogP contribution in [0.4, 0.5) is 11.4 Å². The number of carbonyl (C=O) groups is 1. The molecule has 0 radical (unpaired) electrons. The Morgan fingerprint density at radius 1 is 1.20 bits per heavy atom. The molecule has 3 heteroatoms. The van der Waals surface area contributed by atoms with Crippen molar-refractivity contribution in [3.05, 3.63) is 23.8 Å². The molecular formula is C17H24N2O. The van der Waals surface area contributed by atoms with Crippen LogP contribution in [0.3, 0.4) is 0 Å². The van der Waals surface area contributed by atoms with E-state index in [2.05, 4.69) is 43.1 Å². The lowest BCUT2D eigenvalue weighted by atomic mass is 9.77. The minimum atomic E-state index is -0.326. The number of anilines is 2. The van der Waals surface area contributed by atoms with Crippen molar-refractivity contribution >= 4 is 17.3 Å². The van der Waals surface area contributed by atoms with Crippen LogP contribution >= 0.6 is 0 Å². The Balaban J connectivity index is 2.14. The summed E-state index contributed by atoms with van der Waals surface area (Å²) in [6.07, 6.45) is 5.51. The molecule has 1 aliphatic heterocycles. The average molecular weight is 272 g/mol. The lowest BCUT2D eigenvalue weighted by molar-refractivity contribution is -0.123. The zero-order valence-electron chi connectivity index (χ0n) is 12.7. The second kappa shape index (κ2) is 4.80. The van der Waals surface area contributed by atoms with Gasteiger partial charge in [-0.1, -0.05) is 25.3 Å². The van der Waals surface area contributed by atoms with Gasteiger partial charge >= 0.3 is 0 Å². The summed E-state index contributed by atoms with van der Waals surface area (Å²) in [7, 11) is 0. The maximum absolute atomic E-state index is 12.8. The van der Waals surface area contributed by atoms with E-state index in [-0.39, 0.29) is 11.4 Å². The second-order valence-electron chi connectivity index (χ2n) is 6.53. The number of hydrogen-bond donors (Lipinski definition) is 1. The molecule has 1 spiro atoms. The van der Waals surface area contributed by atoms with Crippen LogP contribution in [0.25, 0.3) is 0 Å². The highest BCUT2D eigenvalue weighted by Crippen LogP contribution is 2.45. The van der Waals surface area contributed by atoms with Gasteiger partial charge in [-0.15, -0.1) is 0 Å². The maximum Gasteiger partial charge on any atom is 0.250 e. The van der Waals surface area contributed by atoms with Gasteiger partial charge in [-0.05, 0) is 51.3 Å². The van der Waals surface area contributed by atoms with E-state index in [0.29, 0.717) is 6.04 Å². The third-order valence-electron chi connectivity index (χ3n) is 4.74. The number of benzene rings is 1. The summed E-state index contributed by atoms with van der Waals surface area (Å²) in [6.45, 7) is 6.50. The van der Waals surface area contributed by atoms with E-state index in [9.17, 15) is 4.79 Å². The molecule has 0 saturated heterocycles. The first-order valence-electron chi connectivity index (χ1n) is 7.76. The second-order valence-corrected chi connectivity index (χ2v) is 6.53. The van der Waals surface area contributed by atoms with Gasteiger partial charge in [0.1, 0.15) is 5.54 Å². The van der Waals surface area contributed by atoms with Crippen LogP contribution in [0.2, 0.25) is 0 Å². The minimum Gasteiger partial charge on any atom is -0.353 e. The van der Waals surface area contributed by atoms with Crippen LogP contribution in [-0.2, 0) is 4.79 Å². The van der Waals surface area contributed by atoms with E-state index in [1.54, 1.807) is 0 Å². The first kappa shape index (κ1) is 13.5. The van der Waals surface area contributed by atoms with E-state index < -0.39 is 0 Å². The normalized spacial score (nSPS) is 21.0. The summed E-state index contributed by atoms with van der Waals surface area (Å²) in [4.78, 5) is 15.2. The van der Waals surface area contributed by atoms with E-state index in [1.807, 2.05) is 6.07 Å².